The van der Waals surface area contributed by atoms with E-state index < -0.39 is 0 Å². The number of aromatic nitrogens is 1. The van der Waals surface area contributed by atoms with Crippen LogP contribution in [-0.4, -0.2) is 11.1 Å². The van der Waals surface area contributed by atoms with Gasteiger partial charge in [-0.3, -0.25) is 0 Å². The average molecular weight is 252 g/mol. The molecule has 1 aromatic heterocycles. The van der Waals surface area contributed by atoms with Gasteiger partial charge in [0, 0.05) is 5.39 Å². The van der Waals surface area contributed by atoms with E-state index in [0.717, 1.165) is 23.7 Å². The monoisotopic (exact) mass is 252 g/mol. The van der Waals surface area contributed by atoms with Crippen LogP contribution in [0.4, 0.5) is 0 Å². The third-order valence-electron chi connectivity index (χ3n) is 3.64. The highest BCUT2D eigenvalue weighted by molar-refractivity contribution is 5.80. The van der Waals surface area contributed by atoms with Crippen LogP contribution in [0.15, 0.2) is 30.3 Å². The van der Waals surface area contributed by atoms with Crippen LogP contribution in [0.3, 0.4) is 0 Å². The maximum Gasteiger partial charge on any atom is 0.232 e. The highest BCUT2D eigenvalue weighted by Crippen LogP contribution is 2.26. The molecule has 0 unspecified atom stereocenters. The van der Waals surface area contributed by atoms with Crippen LogP contribution in [0.2, 0.25) is 0 Å². The van der Waals surface area contributed by atoms with Gasteiger partial charge in [-0.1, -0.05) is 24.6 Å². The summed E-state index contributed by atoms with van der Waals surface area (Å²) in [5.74, 6) is 0.494. The molecule has 1 saturated carbocycles. The lowest BCUT2D eigenvalue weighted by Crippen LogP contribution is -2.20. The SMILES string of the molecule is N#Cc1cc2ccccc2nc1OC1CCCCC1. The highest BCUT2D eigenvalue weighted by atomic mass is 16.5. The van der Waals surface area contributed by atoms with Crippen LogP contribution < -0.4 is 4.74 Å². The molecule has 0 saturated heterocycles. The van der Waals surface area contributed by atoms with E-state index in [9.17, 15) is 5.26 Å². The van der Waals surface area contributed by atoms with Crippen molar-refractivity contribution in [3.05, 3.63) is 35.9 Å². The maximum absolute atomic E-state index is 9.24. The van der Waals surface area contributed by atoms with Crippen molar-refractivity contribution in [1.82, 2.24) is 4.98 Å². The lowest BCUT2D eigenvalue weighted by molar-refractivity contribution is 0.149. The molecule has 1 heterocycles. The van der Waals surface area contributed by atoms with Crippen molar-refractivity contribution in [2.45, 2.75) is 38.2 Å². The first-order chi connectivity index (χ1) is 9.36. The zero-order valence-electron chi connectivity index (χ0n) is 10.8. The van der Waals surface area contributed by atoms with Gasteiger partial charge >= 0.3 is 0 Å². The van der Waals surface area contributed by atoms with Gasteiger partial charge in [0.25, 0.3) is 0 Å². The summed E-state index contributed by atoms with van der Waals surface area (Å²) < 4.78 is 5.95. The van der Waals surface area contributed by atoms with Gasteiger partial charge in [-0.25, -0.2) is 4.98 Å². The second kappa shape index (κ2) is 5.27. The number of nitrogens with zero attached hydrogens (tertiary/aromatic N) is 2. The molecule has 19 heavy (non-hydrogen) atoms. The number of hydrogen-bond donors (Lipinski definition) is 0. The Morgan fingerprint density at radius 1 is 1.16 bits per heavy atom. The van der Waals surface area contributed by atoms with Crippen molar-refractivity contribution in [3.63, 3.8) is 0 Å². The van der Waals surface area contributed by atoms with Crippen LogP contribution in [-0.2, 0) is 0 Å². The third kappa shape index (κ3) is 2.53. The van der Waals surface area contributed by atoms with Gasteiger partial charge in [0.15, 0.2) is 0 Å². The Hall–Kier alpha value is -2.08. The molecule has 3 rings (SSSR count). The third-order valence-corrected chi connectivity index (χ3v) is 3.64. The van der Waals surface area contributed by atoms with E-state index in [1.807, 2.05) is 30.3 Å². The molecule has 0 radical (unpaired) electrons. The summed E-state index contributed by atoms with van der Waals surface area (Å²) in [6, 6.07) is 11.9. The summed E-state index contributed by atoms with van der Waals surface area (Å²) in [6.45, 7) is 0. The number of ether oxygens (including phenoxy) is 1. The molecule has 96 valence electrons. The number of rotatable bonds is 2. The Morgan fingerprint density at radius 2 is 1.95 bits per heavy atom. The molecule has 0 atom stereocenters. The van der Waals surface area contributed by atoms with Crippen molar-refractivity contribution in [2.75, 3.05) is 0 Å². The summed E-state index contributed by atoms with van der Waals surface area (Å²) in [5, 5.41) is 10.2. The van der Waals surface area contributed by atoms with Crippen molar-refractivity contribution < 1.29 is 4.74 Å². The quantitative estimate of drug-likeness (QED) is 0.816. The molecule has 2 aromatic rings. The second-order valence-corrected chi connectivity index (χ2v) is 5.02. The zero-order chi connectivity index (χ0) is 13.1. The fraction of sp³-hybridized carbons (Fsp3) is 0.375. The van der Waals surface area contributed by atoms with Crippen LogP contribution in [0.5, 0.6) is 5.88 Å². The number of fused-ring (bicyclic) bond motifs is 1. The Labute approximate surface area is 112 Å². The van der Waals surface area contributed by atoms with Gasteiger partial charge < -0.3 is 4.74 Å². The Bertz CT molecular complexity index is 624. The van der Waals surface area contributed by atoms with Crippen LogP contribution in [0, 0.1) is 11.3 Å². The zero-order valence-corrected chi connectivity index (χ0v) is 10.8. The predicted molar refractivity (Wildman–Crippen MR) is 74.0 cm³/mol. The van der Waals surface area contributed by atoms with Crippen LogP contribution in [0.1, 0.15) is 37.7 Å². The normalized spacial score (nSPS) is 16.2. The molecule has 1 aromatic carbocycles. The van der Waals surface area contributed by atoms with E-state index in [1.54, 1.807) is 0 Å². The Balaban J connectivity index is 1.94. The molecular formula is C16H16N2O. The topological polar surface area (TPSA) is 45.9 Å². The van der Waals surface area contributed by atoms with E-state index in [4.69, 9.17) is 4.74 Å². The first-order valence-corrected chi connectivity index (χ1v) is 6.83. The molecule has 0 spiro atoms. The van der Waals surface area contributed by atoms with E-state index in [1.165, 1.54) is 19.3 Å². The summed E-state index contributed by atoms with van der Waals surface area (Å²) in [4.78, 5) is 4.50. The van der Waals surface area contributed by atoms with Gasteiger partial charge in [-0.05, 0) is 37.8 Å². The van der Waals surface area contributed by atoms with Gasteiger partial charge in [0.2, 0.25) is 5.88 Å². The Morgan fingerprint density at radius 3 is 2.74 bits per heavy atom. The fourth-order valence-corrected chi connectivity index (χ4v) is 2.61. The highest BCUT2D eigenvalue weighted by Gasteiger charge is 2.17. The predicted octanol–water partition coefficient (Wildman–Crippen LogP) is 3.82. The van der Waals surface area contributed by atoms with Gasteiger partial charge in [-0.2, -0.15) is 5.26 Å². The minimum absolute atomic E-state index is 0.217. The van der Waals surface area contributed by atoms with Crippen LogP contribution in [0.25, 0.3) is 10.9 Å². The second-order valence-electron chi connectivity index (χ2n) is 5.02. The van der Waals surface area contributed by atoms with Crippen molar-refractivity contribution in [2.24, 2.45) is 0 Å². The van der Waals surface area contributed by atoms with E-state index in [-0.39, 0.29) is 6.10 Å². The summed E-state index contributed by atoms with van der Waals surface area (Å²) in [6.07, 6.45) is 6.06. The van der Waals surface area contributed by atoms with E-state index in [2.05, 4.69) is 11.1 Å². The molecule has 0 aliphatic heterocycles. The van der Waals surface area contributed by atoms with E-state index >= 15 is 0 Å². The molecule has 1 aliphatic carbocycles. The molecule has 0 N–H and O–H groups in total. The van der Waals surface area contributed by atoms with Crippen molar-refractivity contribution >= 4 is 10.9 Å². The number of hydrogen-bond acceptors (Lipinski definition) is 3. The molecule has 3 nitrogen and oxygen atoms in total. The van der Waals surface area contributed by atoms with Crippen LogP contribution >= 0.6 is 0 Å². The number of benzene rings is 1. The van der Waals surface area contributed by atoms with Crippen molar-refractivity contribution in [3.8, 4) is 11.9 Å². The average Bonchev–Trinajstić information content (AvgIpc) is 2.47. The summed E-state index contributed by atoms with van der Waals surface area (Å²) in [7, 11) is 0. The lowest BCUT2D eigenvalue weighted by atomic mass is 9.98. The molecule has 0 amide bonds. The minimum atomic E-state index is 0.217. The first kappa shape index (κ1) is 12.0. The maximum atomic E-state index is 9.24. The number of para-hydroxylation sites is 1. The number of pyridine rings is 1. The molecular weight excluding hydrogens is 236 g/mol. The summed E-state index contributed by atoms with van der Waals surface area (Å²) >= 11 is 0. The molecule has 0 bridgehead atoms. The van der Waals surface area contributed by atoms with Gasteiger partial charge in [0.05, 0.1) is 5.52 Å². The van der Waals surface area contributed by atoms with Gasteiger partial charge in [-0.15, -0.1) is 0 Å². The fourth-order valence-electron chi connectivity index (χ4n) is 2.61. The first-order valence-electron chi connectivity index (χ1n) is 6.83. The molecule has 1 fully saturated rings. The van der Waals surface area contributed by atoms with E-state index in [0.29, 0.717) is 11.4 Å². The van der Waals surface area contributed by atoms with Gasteiger partial charge in [0.1, 0.15) is 17.7 Å². The molecule has 3 heteroatoms. The number of nitriles is 1. The Kier molecular flexibility index (Phi) is 3.33. The lowest BCUT2D eigenvalue weighted by Gasteiger charge is -2.22. The summed E-state index contributed by atoms with van der Waals surface area (Å²) in [5.41, 5.74) is 1.41. The molecule has 1 aliphatic rings. The van der Waals surface area contributed by atoms with Crippen molar-refractivity contribution in [1.29, 1.82) is 5.26 Å². The largest absolute Gasteiger partial charge is 0.473 e. The standard InChI is InChI=1S/C16H16N2O/c17-11-13-10-12-6-4-5-9-15(12)18-16(13)19-14-7-2-1-3-8-14/h4-6,9-10,14H,1-3,7-8H2. The minimum Gasteiger partial charge on any atom is -0.473 e. The smallest absolute Gasteiger partial charge is 0.232 e.